The molecule has 0 radical (unpaired) electrons. The van der Waals surface area contributed by atoms with E-state index >= 15 is 0 Å². The van der Waals surface area contributed by atoms with Crippen molar-refractivity contribution in [1.29, 1.82) is 0 Å². The van der Waals surface area contributed by atoms with Crippen LogP contribution < -0.4 is 4.74 Å². The van der Waals surface area contributed by atoms with Gasteiger partial charge in [0.05, 0.1) is 0 Å². The van der Waals surface area contributed by atoms with E-state index in [9.17, 15) is 4.79 Å². The number of halogens is 1. The monoisotopic (exact) mass is 323 g/mol. The Labute approximate surface area is 117 Å². The molecular formula is C13H10BrNO4. The van der Waals surface area contributed by atoms with Crippen molar-refractivity contribution in [1.82, 2.24) is 5.16 Å². The van der Waals surface area contributed by atoms with Crippen molar-refractivity contribution in [2.24, 2.45) is 0 Å². The Balaban J connectivity index is 2.12. The molecular weight excluding hydrogens is 314 g/mol. The predicted octanol–water partition coefficient (Wildman–Crippen LogP) is 3.13. The lowest BCUT2D eigenvalue weighted by molar-refractivity contribution is 0.0652. The summed E-state index contributed by atoms with van der Waals surface area (Å²) < 4.78 is 11.5. The largest absolute Gasteiger partial charge is 0.489 e. The van der Waals surface area contributed by atoms with Gasteiger partial charge in [0.25, 0.3) is 0 Å². The van der Waals surface area contributed by atoms with E-state index in [1.54, 1.807) is 0 Å². The summed E-state index contributed by atoms with van der Waals surface area (Å²) in [6.45, 7) is 1.99. The zero-order valence-corrected chi connectivity index (χ0v) is 11.6. The molecule has 1 aliphatic rings. The molecule has 0 saturated heterocycles. The van der Waals surface area contributed by atoms with Gasteiger partial charge in [-0.25, -0.2) is 4.79 Å². The highest BCUT2D eigenvalue weighted by Gasteiger charge is 2.25. The first kappa shape index (κ1) is 12.2. The third-order valence-electron chi connectivity index (χ3n) is 2.95. The maximum absolute atomic E-state index is 10.8. The average Bonchev–Trinajstić information content (AvgIpc) is 2.93. The number of carboxylic acids is 1. The summed E-state index contributed by atoms with van der Waals surface area (Å²) in [5.74, 6) is -0.574. The fraction of sp³-hybridized carbons (Fsp3) is 0.231. The number of carboxylic acid groups (broad SMARTS) is 1. The van der Waals surface area contributed by atoms with Crippen molar-refractivity contribution in [2.45, 2.75) is 19.4 Å². The van der Waals surface area contributed by atoms with E-state index in [1.807, 2.05) is 19.1 Å². The highest BCUT2D eigenvalue weighted by atomic mass is 79.9. The highest BCUT2D eigenvalue weighted by Crippen LogP contribution is 2.40. The standard InChI is InChI=1S/C13H10BrNO4/c1-6-2-7-3-8(14)4-9(12(7)18-6)10-5-11(13(16)17)19-15-10/h3-6H,2H2,1H3,(H,16,17). The van der Waals surface area contributed by atoms with Crippen molar-refractivity contribution < 1.29 is 19.2 Å². The summed E-state index contributed by atoms with van der Waals surface area (Å²) in [6.07, 6.45) is 0.930. The number of benzene rings is 1. The van der Waals surface area contributed by atoms with Crippen LogP contribution in [0.1, 0.15) is 23.0 Å². The third-order valence-corrected chi connectivity index (χ3v) is 3.41. The molecule has 98 valence electrons. The lowest BCUT2D eigenvalue weighted by atomic mass is 10.0. The van der Waals surface area contributed by atoms with E-state index in [2.05, 4.69) is 21.1 Å². The lowest BCUT2D eigenvalue weighted by Crippen LogP contribution is -2.05. The molecule has 1 aliphatic heterocycles. The van der Waals surface area contributed by atoms with E-state index in [4.69, 9.17) is 14.4 Å². The number of hydrogen-bond donors (Lipinski definition) is 1. The Morgan fingerprint density at radius 2 is 2.26 bits per heavy atom. The second-order valence-corrected chi connectivity index (χ2v) is 5.37. The molecule has 0 amide bonds. The van der Waals surface area contributed by atoms with Gasteiger partial charge < -0.3 is 14.4 Å². The second kappa shape index (κ2) is 4.38. The SMILES string of the molecule is CC1Cc2cc(Br)cc(-c3cc(C(=O)O)on3)c2O1. The Kier molecular flexibility index (Phi) is 2.82. The van der Waals surface area contributed by atoms with Gasteiger partial charge in [-0.2, -0.15) is 0 Å². The van der Waals surface area contributed by atoms with Crippen molar-refractivity contribution in [3.8, 4) is 17.0 Å². The molecule has 0 bridgehead atoms. The van der Waals surface area contributed by atoms with Crippen LogP contribution in [0.4, 0.5) is 0 Å². The zero-order chi connectivity index (χ0) is 13.6. The minimum atomic E-state index is -1.14. The molecule has 5 nitrogen and oxygen atoms in total. The Hall–Kier alpha value is -1.82. The molecule has 2 aromatic rings. The smallest absolute Gasteiger partial charge is 0.374 e. The van der Waals surface area contributed by atoms with Crippen LogP contribution in [-0.4, -0.2) is 22.3 Å². The number of aromatic carboxylic acids is 1. The van der Waals surface area contributed by atoms with Crippen molar-refractivity contribution in [3.05, 3.63) is 34.0 Å². The quantitative estimate of drug-likeness (QED) is 0.919. The predicted molar refractivity (Wildman–Crippen MR) is 70.4 cm³/mol. The second-order valence-electron chi connectivity index (χ2n) is 4.46. The number of aromatic nitrogens is 1. The number of fused-ring (bicyclic) bond motifs is 1. The molecule has 2 heterocycles. The van der Waals surface area contributed by atoms with Gasteiger partial charge in [0.2, 0.25) is 5.76 Å². The number of hydrogen-bond acceptors (Lipinski definition) is 4. The fourth-order valence-corrected chi connectivity index (χ4v) is 2.69. The Morgan fingerprint density at radius 1 is 1.47 bits per heavy atom. The summed E-state index contributed by atoms with van der Waals surface area (Å²) in [4.78, 5) is 10.8. The molecule has 0 fully saturated rings. The van der Waals surface area contributed by atoms with Crippen molar-refractivity contribution in [3.63, 3.8) is 0 Å². The summed E-state index contributed by atoms with van der Waals surface area (Å²) in [6, 6.07) is 5.25. The Morgan fingerprint density at radius 3 is 2.95 bits per heavy atom. The van der Waals surface area contributed by atoms with Crippen LogP contribution in [0.5, 0.6) is 5.75 Å². The topological polar surface area (TPSA) is 72.6 Å². The van der Waals surface area contributed by atoms with E-state index in [0.29, 0.717) is 5.69 Å². The van der Waals surface area contributed by atoms with E-state index in [1.165, 1.54) is 6.07 Å². The van der Waals surface area contributed by atoms with E-state index in [-0.39, 0.29) is 11.9 Å². The van der Waals surface area contributed by atoms with Crippen LogP contribution in [0.25, 0.3) is 11.3 Å². The number of ether oxygens (including phenoxy) is 1. The molecule has 1 aromatic carbocycles. The highest BCUT2D eigenvalue weighted by molar-refractivity contribution is 9.10. The maximum Gasteiger partial charge on any atom is 0.374 e. The van der Waals surface area contributed by atoms with Crippen LogP contribution in [0, 0.1) is 0 Å². The summed E-state index contributed by atoms with van der Waals surface area (Å²) in [5.41, 5.74) is 2.28. The molecule has 19 heavy (non-hydrogen) atoms. The molecule has 6 heteroatoms. The Bertz CT molecular complexity index is 665. The van der Waals surface area contributed by atoms with Crippen LogP contribution >= 0.6 is 15.9 Å². The molecule has 0 aliphatic carbocycles. The van der Waals surface area contributed by atoms with Gasteiger partial charge in [0, 0.05) is 22.5 Å². The minimum Gasteiger partial charge on any atom is -0.489 e. The van der Waals surface area contributed by atoms with Gasteiger partial charge in [0.1, 0.15) is 17.5 Å². The molecule has 1 N–H and O–H groups in total. The van der Waals surface area contributed by atoms with Crippen LogP contribution in [0.3, 0.4) is 0 Å². The van der Waals surface area contributed by atoms with Gasteiger partial charge in [-0.05, 0) is 24.6 Å². The van der Waals surface area contributed by atoms with E-state index in [0.717, 1.165) is 27.8 Å². The molecule has 0 saturated carbocycles. The number of carbonyl (C=O) groups is 1. The van der Waals surface area contributed by atoms with Gasteiger partial charge >= 0.3 is 5.97 Å². The van der Waals surface area contributed by atoms with Crippen molar-refractivity contribution >= 4 is 21.9 Å². The fourth-order valence-electron chi connectivity index (χ4n) is 2.19. The number of rotatable bonds is 2. The summed E-state index contributed by atoms with van der Waals surface area (Å²) in [5, 5.41) is 12.7. The first-order chi connectivity index (χ1) is 9.04. The molecule has 1 aromatic heterocycles. The summed E-state index contributed by atoms with van der Waals surface area (Å²) in [7, 11) is 0. The third kappa shape index (κ3) is 2.12. The zero-order valence-electron chi connectivity index (χ0n) is 10.0. The minimum absolute atomic E-state index is 0.105. The van der Waals surface area contributed by atoms with Crippen LogP contribution in [-0.2, 0) is 6.42 Å². The van der Waals surface area contributed by atoms with Crippen molar-refractivity contribution in [2.75, 3.05) is 0 Å². The first-order valence-corrected chi connectivity index (χ1v) is 6.53. The summed E-state index contributed by atoms with van der Waals surface area (Å²) >= 11 is 3.44. The van der Waals surface area contributed by atoms with Gasteiger partial charge in [-0.15, -0.1) is 0 Å². The molecule has 1 unspecified atom stereocenters. The van der Waals surface area contributed by atoms with Crippen LogP contribution in [0.2, 0.25) is 0 Å². The lowest BCUT2D eigenvalue weighted by Gasteiger charge is -2.07. The molecule has 3 rings (SSSR count). The average molecular weight is 324 g/mol. The molecule has 0 spiro atoms. The normalized spacial score (nSPS) is 17.1. The van der Waals surface area contributed by atoms with Crippen LogP contribution in [0.15, 0.2) is 27.2 Å². The van der Waals surface area contributed by atoms with Gasteiger partial charge in [-0.3, -0.25) is 0 Å². The maximum atomic E-state index is 10.8. The molecule has 1 atom stereocenters. The van der Waals surface area contributed by atoms with Gasteiger partial charge in [-0.1, -0.05) is 21.1 Å². The first-order valence-electron chi connectivity index (χ1n) is 5.74. The van der Waals surface area contributed by atoms with E-state index < -0.39 is 5.97 Å². The number of nitrogens with zero attached hydrogens (tertiary/aromatic N) is 1. The van der Waals surface area contributed by atoms with Gasteiger partial charge in [0.15, 0.2) is 0 Å².